The third-order valence-electron chi connectivity index (χ3n) is 2.18. The van der Waals surface area contributed by atoms with Crippen LogP contribution >= 0.6 is 0 Å². The molecule has 5 heteroatoms. The summed E-state index contributed by atoms with van der Waals surface area (Å²) in [5, 5.41) is 18.0. The van der Waals surface area contributed by atoms with E-state index in [1.807, 2.05) is 0 Å². The lowest BCUT2D eigenvalue weighted by molar-refractivity contribution is 0.0695. The van der Waals surface area contributed by atoms with Crippen LogP contribution in [-0.4, -0.2) is 40.4 Å². The van der Waals surface area contributed by atoms with Crippen molar-refractivity contribution >= 4 is 11.8 Å². The van der Waals surface area contributed by atoms with Gasteiger partial charge in [0.2, 0.25) is 0 Å². The molecule has 0 saturated carbocycles. The topological polar surface area (TPSA) is 73.7 Å². The molecule has 0 amide bonds. The Kier molecular flexibility index (Phi) is 2.09. The van der Waals surface area contributed by atoms with E-state index >= 15 is 0 Å². The number of carboxylic acid groups (broad SMARTS) is 1. The van der Waals surface area contributed by atoms with Gasteiger partial charge in [0.05, 0.1) is 6.10 Å². The third-order valence-corrected chi connectivity index (χ3v) is 2.18. The summed E-state index contributed by atoms with van der Waals surface area (Å²) in [5.74, 6) is -0.556. The van der Waals surface area contributed by atoms with E-state index in [0.717, 1.165) is 0 Å². The first kappa shape index (κ1) is 8.96. The lowest BCUT2D eigenvalue weighted by atomic mass is 10.1. The average Bonchev–Trinajstić information content (AvgIpc) is 2.13. The highest BCUT2D eigenvalue weighted by Crippen LogP contribution is 2.22. The van der Waals surface area contributed by atoms with Crippen LogP contribution in [0.5, 0.6) is 0 Å². The molecular formula is C9H10N2O3. The Labute approximate surface area is 80.6 Å². The molecule has 2 rings (SSSR count). The molecule has 14 heavy (non-hydrogen) atoms. The van der Waals surface area contributed by atoms with Gasteiger partial charge in [-0.3, -0.25) is 0 Å². The van der Waals surface area contributed by atoms with Gasteiger partial charge in [0, 0.05) is 19.3 Å². The summed E-state index contributed by atoms with van der Waals surface area (Å²) in [6.07, 6.45) is 1.19. The molecule has 0 bridgehead atoms. The van der Waals surface area contributed by atoms with Crippen LogP contribution in [0.4, 0.5) is 5.82 Å². The molecule has 1 aromatic rings. The number of anilines is 1. The Morgan fingerprint density at radius 2 is 2.29 bits per heavy atom. The second-order valence-electron chi connectivity index (χ2n) is 3.24. The fourth-order valence-electron chi connectivity index (χ4n) is 1.44. The highest BCUT2D eigenvalue weighted by molar-refractivity contribution is 5.93. The molecule has 0 unspecified atom stereocenters. The summed E-state index contributed by atoms with van der Waals surface area (Å²) >= 11 is 0. The van der Waals surface area contributed by atoms with Crippen molar-refractivity contribution in [3.8, 4) is 0 Å². The zero-order chi connectivity index (χ0) is 10.1. The molecule has 1 aliphatic heterocycles. The number of hydrogen-bond donors (Lipinski definition) is 2. The number of carbonyl (C=O) groups is 1. The van der Waals surface area contributed by atoms with Crippen molar-refractivity contribution in [2.75, 3.05) is 18.0 Å². The molecule has 1 saturated heterocycles. The molecule has 5 nitrogen and oxygen atoms in total. The molecule has 0 radical (unpaired) electrons. The van der Waals surface area contributed by atoms with Gasteiger partial charge in [-0.2, -0.15) is 0 Å². The van der Waals surface area contributed by atoms with E-state index in [0.29, 0.717) is 18.9 Å². The van der Waals surface area contributed by atoms with Crippen molar-refractivity contribution in [2.24, 2.45) is 0 Å². The van der Waals surface area contributed by atoms with Gasteiger partial charge in [-0.1, -0.05) is 0 Å². The van der Waals surface area contributed by atoms with Crippen molar-refractivity contribution in [3.05, 3.63) is 23.9 Å². The fraction of sp³-hybridized carbons (Fsp3) is 0.333. The zero-order valence-electron chi connectivity index (χ0n) is 7.42. The van der Waals surface area contributed by atoms with Crippen LogP contribution in [0.25, 0.3) is 0 Å². The second-order valence-corrected chi connectivity index (χ2v) is 3.24. The van der Waals surface area contributed by atoms with Crippen LogP contribution in [0.3, 0.4) is 0 Å². The summed E-state index contributed by atoms with van der Waals surface area (Å²) < 4.78 is 0. The van der Waals surface area contributed by atoms with Crippen LogP contribution in [0.15, 0.2) is 18.3 Å². The van der Waals surface area contributed by atoms with Gasteiger partial charge in [0.15, 0.2) is 0 Å². The van der Waals surface area contributed by atoms with Gasteiger partial charge < -0.3 is 15.1 Å². The van der Waals surface area contributed by atoms with Crippen LogP contribution in [0, 0.1) is 0 Å². The smallest absolute Gasteiger partial charge is 0.339 e. The number of carboxylic acids is 1. The maximum absolute atomic E-state index is 10.8. The standard InChI is InChI=1S/C9H10N2O3/c12-6-4-11(5-6)8-7(9(13)14)2-1-3-10-8/h1-3,6,12H,4-5H2,(H,13,14). The van der Waals surface area contributed by atoms with Crippen molar-refractivity contribution in [1.82, 2.24) is 4.98 Å². The molecule has 0 aliphatic carbocycles. The van der Waals surface area contributed by atoms with Gasteiger partial charge >= 0.3 is 5.97 Å². The quantitative estimate of drug-likeness (QED) is 0.691. The number of nitrogens with zero attached hydrogens (tertiary/aromatic N) is 2. The predicted octanol–water partition coefficient (Wildman–Crippen LogP) is -0.0393. The summed E-state index contributed by atoms with van der Waals surface area (Å²) in [6, 6.07) is 3.10. The molecule has 2 N–H and O–H groups in total. The fourth-order valence-corrected chi connectivity index (χ4v) is 1.44. The number of aromatic carboxylic acids is 1. The minimum absolute atomic E-state index is 0.180. The summed E-state index contributed by atoms with van der Waals surface area (Å²) in [7, 11) is 0. The van der Waals surface area contributed by atoms with Gasteiger partial charge in [-0.05, 0) is 12.1 Å². The summed E-state index contributed by atoms with van der Waals surface area (Å²) in [6.45, 7) is 0.911. The average molecular weight is 194 g/mol. The Hall–Kier alpha value is -1.62. The molecule has 0 aromatic carbocycles. The van der Waals surface area contributed by atoms with Gasteiger partial charge in [0.25, 0.3) is 0 Å². The minimum atomic E-state index is -0.991. The largest absolute Gasteiger partial charge is 0.478 e. The molecular weight excluding hydrogens is 184 g/mol. The van der Waals surface area contributed by atoms with Crippen LogP contribution in [0.1, 0.15) is 10.4 Å². The van der Waals surface area contributed by atoms with E-state index in [1.54, 1.807) is 17.2 Å². The van der Waals surface area contributed by atoms with E-state index in [1.165, 1.54) is 6.07 Å². The predicted molar refractivity (Wildman–Crippen MR) is 49.4 cm³/mol. The van der Waals surface area contributed by atoms with Gasteiger partial charge in [-0.15, -0.1) is 0 Å². The van der Waals surface area contributed by atoms with Crippen molar-refractivity contribution in [3.63, 3.8) is 0 Å². The number of hydrogen-bond acceptors (Lipinski definition) is 4. The van der Waals surface area contributed by atoms with E-state index < -0.39 is 5.97 Å². The lowest BCUT2D eigenvalue weighted by Gasteiger charge is -2.37. The zero-order valence-corrected chi connectivity index (χ0v) is 7.42. The number of β-amino-alcohol motifs (C(OH)–C–C–N with tert-alkyl or cyclic N) is 1. The Morgan fingerprint density at radius 3 is 2.86 bits per heavy atom. The van der Waals surface area contributed by atoms with E-state index in [4.69, 9.17) is 10.2 Å². The molecule has 1 aliphatic rings. The van der Waals surface area contributed by atoms with Gasteiger partial charge in [0.1, 0.15) is 11.4 Å². The third kappa shape index (κ3) is 1.42. The number of aromatic nitrogens is 1. The highest BCUT2D eigenvalue weighted by atomic mass is 16.4. The van der Waals surface area contributed by atoms with Crippen molar-refractivity contribution < 1.29 is 15.0 Å². The number of rotatable bonds is 2. The Morgan fingerprint density at radius 1 is 1.57 bits per heavy atom. The molecule has 2 heterocycles. The first-order valence-corrected chi connectivity index (χ1v) is 4.30. The van der Waals surface area contributed by atoms with Crippen molar-refractivity contribution in [2.45, 2.75) is 6.10 Å². The highest BCUT2D eigenvalue weighted by Gasteiger charge is 2.28. The second kappa shape index (κ2) is 3.26. The van der Waals surface area contributed by atoms with E-state index in [9.17, 15) is 4.79 Å². The van der Waals surface area contributed by atoms with E-state index in [-0.39, 0.29) is 11.7 Å². The molecule has 74 valence electrons. The first-order valence-electron chi connectivity index (χ1n) is 4.30. The monoisotopic (exact) mass is 194 g/mol. The van der Waals surface area contributed by atoms with Crippen LogP contribution in [-0.2, 0) is 0 Å². The maximum Gasteiger partial charge on any atom is 0.339 e. The minimum Gasteiger partial charge on any atom is -0.478 e. The molecule has 1 fully saturated rings. The lowest BCUT2D eigenvalue weighted by Crippen LogP contribution is -2.51. The SMILES string of the molecule is O=C(O)c1cccnc1N1CC(O)C1. The number of aliphatic hydroxyl groups excluding tert-OH is 1. The normalized spacial score (nSPS) is 16.5. The summed E-state index contributed by atoms with van der Waals surface area (Å²) in [5.41, 5.74) is 0.180. The van der Waals surface area contributed by atoms with Crippen LogP contribution < -0.4 is 4.90 Å². The molecule has 1 aromatic heterocycles. The Balaban J connectivity index is 2.28. The first-order chi connectivity index (χ1) is 6.68. The summed E-state index contributed by atoms with van der Waals surface area (Å²) in [4.78, 5) is 16.6. The van der Waals surface area contributed by atoms with Crippen molar-refractivity contribution in [1.29, 1.82) is 0 Å². The Bertz CT molecular complexity index is 361. The van der Waals surface area contributed by atoms with E-state index in [2.05, 4.69) is 4.98 Å². The van der Waals surface area contributed by atoms with Gasteiger partial charge in [-0.25, -0.2) is 9.78 Å². The number of pyridine rings is 1. The van der Waals surface area contributed by atoms with Crippen LogP contribution in [0.2, 0.25) is 0 Å². The molecule has 0 spiro atoms. The number of aliphatic hydroxyl groups is 1. The maximum atomic E-state index is 10.8. The molecule has 0 atom stereocenters.